The number of methoxy groups -OCH3 is 1. The van der Waals surface area contributed by atoms with Crippen molar-refractivity contribution in [1.29, 1.82) is 0 Å². The summed E-state index contributed by atoms with van der Waals surface area (Å²) in [5.41, 5.74) is 0.696. The molecule has 1 heterocycles. The normalized spacial score (nSPS) is 24.4. The van der Waals surface area contributed by atoms with Crippen LogP contribution >= 0.6 is 11.8 Å². The van der Waals surface area contributed by atoms with Crippen molar-refractivity contribution in [3.63, 3.8) is 0 Å². The quantitative estimate of drug-likeness (QED) is 0.538. The van der Waals surface area contributed by atoms with Crippen LogP contribution in [-0.2, 0) is 4.74 Å². The average molecular weight is 170 g/mol. The Morgan fingerprint density at radius 1 is 1.73 bits per heavy atom. The maximum atomic E-state index is 11.0. The van der Waals surface area contributed by atoms with Gasteiger partial charge in [0.25, 0.3) is 0 Å². The minimum atomic E-state index is -0.319. The number of ether oxygens (including phenoxy) is 1. The van der Waals surface area contributed by atoms with E-state index < -0.39 is 0 Å². The van der Waals surface area contributed by atoms with Gasteiger partial charge in [-0.25, -0.2) is 0 Å². The molecule has 0 bridgehead atoms. The molecule has 11 heavy (non-hydrogen) atoms. The maximum Gasteiger partial charge on any atom is 0.0733 e. The summed E-state index contributed by atoms with van der Waals surface area (Å²) in [4.78, 5) is 4.47. The lowest BCUT2D eigenvalue weighted by molar-refractivity contribution is -0.353. The zero-order valence-electron chi connectivity index (χ0n) is 6.33. The van der Waals surface area contributed by atoms with Gasteiger partial charge in [0.15, 0.2) is 0 Å². The molecule has 4 heteroatoms. The standard InChI is InChI=1S/C7H9NO2S/c1-8-5-3-4-11-6(5)7(9)10-2/h3-4,9H,1-2H3/p-1. The highest BCUT2D eigenvalue weighted by atomic mass is 32.2. The molecule has 0 saturated heterocycles. The summed E-state index contributed by atoms with van der Waals surface area (Å²) in [6, 6.07) is 0. The van der Waals surface area contributed by atoms with Crippen LogP contribution in [0.25, 0.3) is 0 Å². The van der Waals surface area contributed by atoms with Crippen molar-refractivity contribution >= 4 is 17.5 Å². The number of allylic oxidation sites excluding steroid dienone is 2. The van der Waals surface area contributed by atoms with E-state index in [9.17, 15) is 5.11 Å². The second-order valence-corrected chi connectivity index (χ2v) is 2.77. The number of nitrogens with zero attached hydrogens (tertiary/aromatic N) is 1. The molecule has 60 valence electrons. The minimum Gasteiger partial charge on any atom is -0.616 e. The van der Waals surface area contributed by atoms with Gasteiger partial charge in [-0.3, -0.25) is 4.99 Å². The number of hydrogen-bond donors (Lipinski definition) is 0. The largest absolute Gasteiger partial charge is 0.616 e. The zero-order valence-corrected chi connectivity index (χ0v) is 7.14. The fourth-order valence-corrected chi connectivity index (χ4v) is 1.52. The molecule has 0 aromatic rings. The van der Waals surface area contributed by atoms with Gasteiger partial charge >= 0.3 is 0 Å². The van der Waals surface area contributed by atoms with Crippen LogP contribution in [-0.4, -0.2) is 19.9 Å². The molecule has 1 aliphatic rings. The number of aliphatic imine (C=N–C) groups is 1. The Morgan fingerprint density at radius 2 is 2.45 bits per heavy atom. The monoisotopic (exact) mass is 170 g/mol. The van der Waals surface area contributed by atoms with E-state index in [0.717, 1.165) is 0 Å². The third-order valence-corrected chi connectivity index (χ3v) is 2.14. The average Bonchev–Trinajstić information content (AvgIpc) is 2.50. The molecule has 0 aromatic heterocycles. The molecule has 0 amide bonds. The first-order chi connectivity index (χ1) is 5.29. The van der Waals surface area contributed by atoms with E-state index in [0.29, 0.717) is 10.6 Å². The number of thioether (sulfide) groups is 1. The zero-order chi connectivity index (χ0) is 8.27. The van der Waals surface area contributed by atoms with Crippen LogP contribution in [0.2, 0.25) is 0 Å². The van der Waals surface area contributed by atoms with Gasteiger partial charge in [-0.2, -0.15) is 0 Å². The molecule has 0 atom stereocenters. The van der Waals surface area contributed by atoms with Crippen molar-refractivity contribution in [2.24, 2.45) is 4.99 Å². The molecular weight excluding hydrogens is 162 g/mol. The highest BCUT2D eigenvalue weighted by Gasteiger charge is 2.10. The van der Waals surface area contributed by atoms with Crippen molar-refractivity contribution in [1.82, 2.24) is 0 Å². The smallest absolute Gasteiger partial charge is 0.0733 e. The molecule has 0 fully saturated rings. The summed E-state index contributed by atoms with van der Waals surface area (Å²) >= 11 is 1.34. The lowest BCUT2D eigenvalue weighted by atomic mass is 10.3. The van der Waals surface area contributed by atoms with Crippen molar-refractivity contribution < 1.29 is 9.84 Å². The van der Waals surface area contributed by atoms with E-state index in [2.05, 4.69) is 9.73 Å². The molecule has 1 rings (SSSR count). The summed E-state index contributed by atoms with van der Waals surface area (Å²) in [5, 5.41) is 12.8. The molecule has 0 unspecified atom stereocenters. The van der Waals surface area contributed by atoms with Crippen molar-refractivity contribution in [2.45, 2.75) is 0 Å². The summed E-state index contributed by atoms with van der Waals surface area (Å²) in [6.07, 6.45) is 1.79. The van der Waals surface area contributed by atoms with Crippen molar-refractivity contribution in [3.8, 4) is 0 Å². The summed E-state index contributed by atoms with van der Waals surface area (Å²) in [6.45, 7) is 0. The predicted octanol–water partition coefficient (Wildman–Crippen LogP) is 0.493. The van der Waals surface area contributed by atoms with Crippen LogP contribution in [0, 0.1) is 0 Å². The summed E-state index contributed by atoms with van der Waals surface area (Å²) < 4.78 is 4.55. The van der Waals surface area contributed by atoms with Gasteiger partial charge in [-0.05, 0) is 18.6 Å². The second kappa shape index (κ2) is 3.48. The first-order valence-electron chi connectivity index (χ1n) is 3.05. The number of rotatable bonds is 1. The summed E-state index contributed by atoms with van der Waals surface area (Å²) in [5.74, 6) is -0.319. The van der Waals surface area contributed by atoms with Gasteiger partial charge in [0.1, 0.15) is 0 Å². The van der Waals surface area contributed by atoms with Crippen molar-refractivity contribution in [2.75, 3.05) is 14.2 Å². The van der Waals surface area contributed by atoms with Crippen LogP contribution in [0.15, 0.2) is 27.3 Å². The van der Waals surface area contributed by atoms with Crippen LogP contribution < -0.4 is 5.11 Å². The Bertz CT molecular complexity index is 243. The van der Waals surface area contributed by atoms with Gasteiger partial charge in [0.05, 0.1) is 16.6 Å². The molecule has 3 nitrogen and oxygen atoms in total. The van der Waals surface area contributed by atoms with Gasteiger partial charge < -0.3 is 9.84 Å². The first kappa shape index (κ1) is 8.20. The Labute approximate surface area is 69.5 Å². The fourth-order valence-electron chi connectivity index (χ4n) is 0.724. The summed E-state index contributed by atoms with van der Waals surface area (Å²) in [7, 11) is 3.01. The molecule has 0 radical (unpaired) electrons. The lowest BCUT2D eigenvalue weighted by Gasteiger charge is -2.11. The van der Waals surface area contributed by atoms with E-state index >= 15 is 0 Å². The number of hydrogen-bond acceptors (Lipinski definition) is 4. The Balaban J connectivity index is 2.92. The van der Waals surface area contributed by atoms with E-state index in [1.807, 2.05) is 5.41 Å². The molecular formula is C7H8NO2S-. The maximum absolute atomic E-state index is 11.0. The second-order valence-electron chi connectivity index (χ2n) is 1.85. The third kappa shape index (κ3) is 1.57. The van der Waals surface area contributed by atoms with Crippen LogP contribution in [0.5, 0.6) is 0 Å². The molecule has 0 aliphatic carbocycles. The van der Waals surface area contributed by atoms with Crippen LogP contribution in [0.1, 0.15) is 0 Å². The predicted molar refractivity (Wildman–Crippen MR) is 44.1 cm³/mol. The van der Waals surface area contributed by atoms with Gasteiger partial charge in [-0.15, -0.1) is 0 Å². The first-order valence-corrected chi connectivity index (χ1v) is 3.93. The van der Waals surface area contributed by atoms with Gasteiger partial charge in [-0.1, -0.05) is 11.8 Å². The van der Waals surface area contributed by atoms with Crippen molar-refractivity contribution in [3.05, 3.63) is 22.3 Å². The molecule has 0 saturated carbocycles. The molecule has 0 aromatic carbocycles. The highest BCUT2D eigenvalue weighted by Crippen LogP contribution is 2.27. The minimum absolute atomic E-state index is 0.319. The molecule has 0 spiro atoms. The van der Waals surface area contributed by atoms with Gasteiger partial charge in [0, 0.05) is 7.05 Å². The Hall–Kier alpha value is -0.900. The van der Waals surface area contributed by atoms with E-state index in [1.165, 1.54) is 18.9 Å². The van der Waals surface area contributed by atoms with Crippen LogP contribution in [0.3, 0.4) is 0 Å². The third-order valence-electron chi connectivity index (χ3n) is 1.26. The lowest BCUT2D eigenvalue weighted by Crippen LogP contribution is -2.10. The molecule has 0 N–H and O–H groups in total. The molecule has 1 aliphatic heterocycles. The van der Waals surface area contributed by atoms with E-state index in [1.54, 1.807) is 13.1 Å². The SMILES string of the molecule is CN=C1C=CSC1=C([O-])OC. The van der Waals surface area contributed by atoms with Gasteiger partial charge in [0.2, 0.25) is 0 Å². The highest BCUT2D eigenvalue weighted by molar-refractivity contribution is 8.07. The fraction of sp³-hybridized carbons (Fsp3) is 0.286. The Kier molecular flexibility index (Phi) is 2.59. The van der Waals surface area contributed by atoms with Crippen LogP contribution in [0.4, 0.5) is 0 Å². The van der Waals surface area contributed by atoms with E-state index in [4.69, 9.17) is 0 Å². The Morgan fingerprint density at radius 3 is 3.00 bits per heavy atom. The van der Waals surface area contributed by atoms with E-state index in [-0.39, 0.29) is 5.95 Å². The topological polar surface area (TPSA) is 44.7 Å².